The van der Waals surface area contributed by atoms with Crippen LogP contribution in [0.25, 0.3) is 10.9 Å². The van der Waals surface area contributed by atoms with E-state index in [1.54, 1.807) is 14.2 Å². The van der Waals surface area contributed by atoms with Gasteiger partial charge in [0, 0.05) is 36.1 Å². The minimum atomic E-state index is -0.0155. The summed E-state index contributed by atoms with van der Waals surface area (Å²) in [5.74, 6) is 1.53. The third-order valence-corrected chi connectivity index (χ3v) is 6.36. The highest BCUT2D eigenvalue weighted by molar-refractivity contribution is 9.10. The van der Waals surface area contributed by atoms with Crippen molar-refractivity contribution in [2.45, 2.75) is 18.9 Å². The number of para-hydroxylation sites is 1. The summed E-state index contributed by atoms with van der Waals surface area (Å²) in [5.41, 5.74) is 2.74. The first-order valence-electron chi connectivity index (χ1n) is 9.32. The molecule has 2 aromatic carbocycles. The zero-order chi connectivity index (χ0) is 19.8. The number of nitrogens with zero attached hydrogens (tertiary/aromatic N) is 2. The molecule has 0 aliphatic carbocycles. The van der Waals surface area contributed by atoms with Crippen LogP contribution in [-0.4, -0.2) is 36.1 Å². The van der Waals surface area contributed by atoms with Gasteiger partial charge in [-0.1, -0.05) is 18.2 Å². The number of aryl methyl sites for hydroxylation is 1. The van der Waals surface area contributed by atoms with Crippen molar-refractivity contribution in [3.8, 4) is 11.5 Å². The Labute approximate surface area is 173 Å². The van der Waals surface area contributed by atoms with Crippen LogP contribution in [0.3, 0.4) is 0 Å². The van der Waals surface area contributed by atoms with E-state index in [-0.39, 0.29) is 11.9 Å². The van der Waals surface area contributed by atoms with Crippen molar-refractivity contribution in [3.63, 3.8) is 0 Å². The average molecular weight is 443 g/mol. The number of hydrogen-bond acceptors (Lipinski definition) is 3. The number of ether oxygens (including phenoxy) is 2. The first kappa shape index (κ1) is 18.9. The van der Waals surface area contributed by atoms with Crippen molar-refractivity contribution in [3.05, 3.63) is 58.2 Å². The van der Waals surface area contributed by atoms with Gasteiger partial charge in [0.05, 0.1) is 24.7 Å². The van der Waals surface area contributed by atoms with Gasteiger partial charge >= 0.3 is 0 Å². The van der Waals surface area contributed by atoms with Crippen molar-refractivity contribution in [2.24, 2.45) is 7.05 Å². The van der Waals surface area contributed by atoms with Crippen molar-refractivity contribution < 1.29 is 14.3 Å². The summed E-state index contributed by atoms with van der Waals surface area (Å²) in [6, 6.07) is 13.8. The number of fused-ring (bicyclic) bond motifs is 1. The standard InChI is InChI=1S/C22H23BrN2O3/c1-24-17-8-5-4-7-16(17)20(23)21(24)22(26)25-12-6-9-18(25)15-11-10-14(27-2)13-19(15)28-3/h4-5,7-8,10-11,13,18H,6,9,12H2,1-3H3. The molecule has 146 valence electrons. The Balaban J connectivity index is 1.75. The van der Waals surface area contributed by atoms with Crippen LogP contribution in [0.2, 0.25) is 0 Å². The Kier molecular flexibility index (Phi) is 5.06. The maximum Gasteiger partial charge on any atom is 0.272 e. The average Bonchev–Trinajstić information content (AvgIpc) is 3.31. The molecular weight excluding hydrogens is 420 g/mol. The molecule has 4 rings (SSSR count). The molecule has 1 fully saturated rings. The summed E-state index contributed by atoms with van der Waals surface area (Å²) in [6.07, 6.45) is 1.88. The number of methoxy groups -OCH3 is 2. The predicted molar refractivity (Wildman–Crippen MR) is 113 cm³/mol. The molecule has 0 N–H and O–H groups in total. The lowest BCUT2D eigenvalue weighted by Crippen LogP contribution is -2.32. The summed E-state index contributed by atoms with van der Waals surface area (Å²) in [5, 5.41) is 1.05. The maximum absolute atomic E-state index is 13.6. The molecule has 1 unspecified atom stereocenters. The van der Waals surface area contributed by atoms with Crippen LogP contribution in [0.4, 0.5) is 0 Å². The van der Waals surface area contributed by atoms with E-state index in [1.807, 2.05) is 59.0 Å². The molecule has 1 amide bonds. The summed E-state index contributed by atoms with van der Waals surface area (Å²) in [4.78, 5) is 15.5. The summed E-state index contributed by atoms with van der Waals surface area (Å²) >= 11 is 3.66. The first-order valence-corrected chi connectivity index (χ1v) is 10.1. The van der Waals surface area contributed by atoms with E-state index >= 15 is 0 Å². The van der Waals surface area contributed by atoms with Crippen LogP contribution in [0.1, 0.15) is 34.9 Å². The van der Waals surface area contributed by atoms with Crippen LogP contribution in [0.15, 0.2) is 46.9 Å². The molecule has 1 atom stereocenters. The molecular formula is C22H23BrN2O3. The highest BCUT2D eigenvalue weighted by Gasteiger charge is 2.35. The second-order valence-electron chi connectivity index (χ2n) is 7.00. The Bertz CT molecular complexity index is 1000. The van der Waals surface area contributed by atoms with Crippen molar-refractivity contribution in [1.29, 1.82) is 0 Å². The van der Waals surface area contributed by atoms with Gasteiger partial charge < -0.3 is 18.9 Å². The lowest BCUT2D eigenvalue weighted by molar-refractivity contribution is 0.0724. The Hall–Kier alpha value is -2.47. The number of carbonyl (C=O) groups excluding carboxylic acids is 1. The monoisotopic (exact) mass is 442 g/mol. The quantitative estimate of drug-likeness (QED) is 0.574. The second kappa shape index (κ2) is 7.51. The Morgan fingerprint density at radius 1 is 1.14 bits per heavy atom. The fourth-order valence-corrected chi connectivity index (χ4v) is 4.92. The topological polar surface area (TPSA) is 43.7 Å². The number of hydrogen-bond donors (Lipinski definition) is 0. The SMILES string of the molecule is COc1ccc(C2CCCN2C(=O)c2c(Br)c3ccccc3n2C)c(OC)c1. The fourth-order valence-electron chi connectivity index (χ4n) is 4.15. The highest BCUT2D eigenvalue weighted by Crippen LogP contribution is 2.41. The molecule has 0 radical (unpaired) electrons. The minimum Gasteiger partial charge on any atom is -0.497 e. The van der Waals surface area contributed by atoms with Crippen molar-refractivity contribution in [2.75, 3.05) is 20.8 Å². The molecule has 0 bridgehead atoms. The van der Waals surface area contributed by atoms with Crippen molar-refractivity contribution >= 4 is 32.7 Å². The third-order valence-electron chi connectivity index (χ3n) is 5.56. The highest BCUT2D eigenvalue weighted by atomic mass is 79.9. The molecule has 1 saturated heterocycles. The predicted octanol–water partition coefficient (Wildman–Crippen LogP) is 4.94. The molecule has 3 aromatic rings. The number of rotatable bonds is 4. The molecule has 5 nitrogen and oxygen atoms in total. The summed E-state index contributed by atoms with van der Waals surface area (Å²) < 4.78 is 13.7. The van der Waals surface area contributed by atoms with E-state index in [2.05, 4.69) is 15.9 Å². The lowest BCUT2D eigenvalue weighted by Gasteiger charge is -2.27. The van der Waals surface area contributed by atoms with E-state index in [1.165, 1.54) is 0 Å². The zero-order valence-corrected chi connectivity index (χ0v) is 17.8. The van der Waals surface area contributed by atoms with E-state index in [4.69, 9.17) is 9.47 Å². The second-order valence-corrected chi connectivity index (χ2v) is 7.80. The van der Waals surface area contributed by atoms with Gasteiger partial charge in [0.25, 0.3) is 5.91 Å². The molecule has 1 aliphatic heterocycles. The lowest BCUT2D eigenvalue weighted by atomic mass is 10.0. The van der Waals surface area contributed by atoms with Gasteiger partial charge in [0.1, 0.15) is 17.2 Å². The van der Waals surface area contributed by atoms with E-state index in [0.29, 0.717) is 5.69 Å². The normalized spacial score (nSPS) is 16.6. The molecule has 0 spiro atoms. The molecule has 2 heterocycles. The third kappa shape index (κ3) is 2.96. The van der Waals surface area contributed by atoms with E-state index in [0.717, 1.165) is 51.8 Å². The zero-order valence-electron chi connectivity index (χ0n) is 16.2. The molecule has 1 aromatic heterocycles. The smallest absolute Gasteiger partial charge is 0.272 e. The van der Waals surface area contributed by atoms with Crippen molar-refractivity contribution in [1.82, 2.24) is 9.47 Å². The number of benzene rings is 2. The number of amides is 1. The minimum absolute atomic E-state index is 0.0155. The van der Waals surface area contributed by atoms with Crippen LogP contribution in [0.5, 0.6) is 11.5 Å². The van der Waals surface area contributed by atoms with Gasteiger partial charge in [0.2, 0.25) is 0 Å². The number of carbonyl (C=O) groups is 1. The van der Waals surface area contributed by atoms with E-state index < -0.39 is 0 Å². The Morgan fingerprint density at radius 2 is 1.93 bits per heavy atom. The number of likely N-dealkylation sites (tertiary alicyclic amines) is 1. The molecule has 0 saturated carbocycles. The number of aromatic nitrogens is 1. The first-order chi connectivity index (χ1) is 13.6. The molecule has 28 heavy (non-hydrogen) atoms. The Morgan fingerprint density at radius 3 is 2.64 bits per heavy atom. The van der Waals surface area contributed by atoms with E-state index in [9.17, 15) is 4.79 Å². The van der Waals surface area contributed by atoms with Crippen LogP contribution < -0.4 is 9.47 Å². The largest absolute Gasteiger partial charge is 0.497 e. The van der Waals surface area contributed by atoms with Gasteiger partial charge in [-0.25, -0.2) is 0 Å². The van der Waals surface area contributed by atoms with Gasteiger partial charge in [-0.3, -0.25) is 4.79 Å². The summed E-state index contributed by atoms with van der Waals surface area (Å²) in [7, 11) is 5.23. The fraction of sp³-hybridized carbons (Fsp3) is 0.318. The van der Waals surface area contributed by atoms with Gasteiger partial charge in [-0.05, 0) is 47.0 Å². The van der Waals surface area contributed by atoms with Crippen LogP contribution >= 0.6 is 15.9 Å². The molecule has 1 aliphatic rings. The summed E-state index contributed by atoms with van der Waals surface area (Å²) in [6.45, 7) is 0.729. The van der Waals surface area contributed by atoms with Gasteiger partial charge in [0.15, 0.2) is 0 Å². The van der Waals surface area contributed by atoms with Gasteiger partial charge in [-0.2, -0.15) is 0 Å². The molecule has 6 heteroatoms. The van der Waals surface area contributed by atoms with Crippen LogP contribution in [0, 0.1) is 0 Å². The van der Waals surface area contributed by atoms with Gasteiger partial charge in [-0.15, -0.1) is 0 Å². The number of halogens is 1. The maximum atomic E-state index is 13.6. The van der Waals surface area contributed by atoms with Crippen LogP contribution in [-0.2, 0) is 7.05 Å².